The highest BCUT2D eigenvalue weighted by atomic mass is 32.1. The zero-order chi connectivity index (χ0) is 25.5. The van der Waals surface area contributed by atoms with Crippen molar-refractivity contribution in [1.29, 1.82) is 0 Å². The van der Waals surface area contributed by atoms with Gasteiger partial charge in [-0.3, -0.25) is 0 Å². The van der Waals surface area contributed by atoms with Gasteiger partial charge in [0, 0.05) is 49.2 Å². The van der Waals surface area contributed by atoms with Crippen LogP contribution < -0.4 is 0 Å². The zero-order valence-corrected chi connectivity index (χ0v) is 21.6. The Labute approximate surface area is 227 Å². The first-order valence-corrected chi connectivity index (χ1v) is 13.8. The molecule has 0 unspecified atom stereocenters. The third kappa shape index (κ3) is 2.88. The minimum absolute atomic E-state index is 1.01. The molecule has 182 valence electrons. The average Bonchev–Trinajstić information content (AvgIpc) is 3.64. The molecule has 0 spiro atoms. The second kappa shape index (κ2) is 7.76. The van der Waals surface area contributed by atoms with E-state index in [4.69, 9.17) is 0 Å². The lowest BCUT2D eigenvalue weighted by Gasteiger charge is -2.11. The average molecular weight is 517 g/mol. The van der Waals surface area contributed by atoms with Crippen molar-refractivity contribution >= 4 is 75.3 Å². The molecule has 5 heteroatoms. The molecule has 0 radical (unpaired) electrons. The molecule has 9 aromatic rings. The van der Waals surface area contributed by atoms with Crippen LogP contribution in [0.25, 0.3) is 75.3 Å². The molecule has 0 aliphatic carbocycles. The number of nitrogens with zero attached hydrogens (tertiary/aromatic N) is 4. The fourth-order valence-electron chi connectivity index (χ4n) is 6.22. The quantitative estimate of drug-likeness (QED) is 0.230. The summed E-state index contributed by atoms with van der Waals surface area (Å²) in [6.07, 6.45) is 3.55. The molecule has 5 aromatic carbocycles. The van der Waals surface area contributed by atoms with Gasteiger partial charge in [0.2, 0.25) is 0 Å². The fraction of sp³-hybridized carbons (Fsp3) is 0. The molecule has 0 amide bonds. The van der Waals surface area contributed by atoms with Crippen LogP contribution in [0.2, 0.25) is 0 Å². The Hall–Kier alpha value is -5.00. The molecular weight excluding hydrogens is 496 g/mol. The SMILES string of the molecule is c1ccc2c(c1)c1ccccc1n2-c1ccc2c3ccccc3n(-c3ccc4sc5cncnc5c4c3)c2c1. The molecule has 0 saturated carbocycles. The van der Waals surface area contributed by atoms with Gasteiger partial charge in [-0.2, -0.15) is 0 Å². The van der Waals surface area contributed by atoms with E-state index in [0.29, 0.717) is 0 Å². The molecule has 0 N–H and O–H groups in total. The summed E-state index contributed by atoms with van der Waals surface area (Å²) in [4.78, 5) is 8.84. The highest BCUT2D eigenvalue weighted by molar-refractivity contribution is 7.25. The van der Waals surface area contributed by atoms with Gasteiger partial charge in [-0.25, -0.2) is 9.97 Å². The first kappa shape index (κ1) is 21.0. The second-order valence-electron chi connectivity index (χ2n) is 9.94. The van der Waals surface area contributed by atoms with Gasteiger partial charge in [-0.05, 0) is 48.5 Å². The molecule has 0 fully saturated rings. The van der Waals surface area contributed by atoms with Gasteiger partial charge < -0.3 is 9.13 Å². The van der Waals surface area contributed by atoms with Crippen molar-refractivity contribution in [3.63, 3.8) is 0 Å². The number of rotatable bonds is 2. The molecule has 39 heavy (non-hydrogen) atoms. The summed E-state index contributed by atoms with van der Waals surface area (Å²) in [5.74, 6) is 0. The summed E-state index contributed by atoms with van der Waals surface area (Å²) < 4.78 is 7.12. The van der Waals surface area contributed by atoms with Crippen LogP contribution in [-0.4, -0.2) is 19.1 Å². The molecule has 4 aromatic heterocycles. The van der Waals surface area contributed by atoms with Crippen molar-refractivity contribution in [2.24, 2.45) is 0 Å². The number of fused-ring (bicyclic) bond motifs is 9. The maximum atomic E-state index is 4.61. The fourth-order valence-corrected chi connectivity index (χ4v) is 7.23. The number of benzene rings is 5. The van der Waals surface area contributed by atoms with Crippen LogP contribution in [0.1, 0.15) is 0 Å². The van der Waals surface area contributed by atoms with Crippen molar-refractivity contribution in [2.45, 2.75) is 0 Å². The van der Waals surface area contributed by atoms with Crippen LogP contribution in [0.15, 0.2) is 122 Å². The number of thiophene rings is 1. The predicted octanol–water partition coefficient (Wildman–Crippen LogP) is 9.04. The first-order chi connectivity index (χ1) is 19.3. The van der Waals surface area contributed by atoms with Gasteiger partial charge in [0.05, 0.1) is 32.3 Å². The van der Waals surface area contributed by atoms with Crippen LogP contribution in [0.4, 0.5) is 0 Å². The van der Waals surface area contributed by atoms with Gasteiger partial charge in [0.25, 0.3) is 0 Å². The normalized spacial score (nSPS) is 12.1. The molecule has 0 bridgehead atoms. The lowest BCUT2D eigenvalue weighted by molar-refractivity contribution is 1.16. The maximum absolute atomic E-state index is 4.61. The molecule has 0 aliphatic heterocycles. The second-order valence-corrected chi connectivity index (χ2v) is 11.0. The largest absolute Gasteiger partial charge is 0.309 e. The van der Waals surface area contributed by atoms with E-state index in [-0.39, 0.29) is 0 Å². The number of aromatic nitrogens is 4. The van der Waals surface area contributed by atoms with Crippen molar-refractivity contribution in [2.75, 3.05) is 0 Å². The van der Waals surface area contributed by atoms with E-state index in [0.717, 1.165) is 21.6 Å². The van der Waals surface area contributed by atoms with Gasteiger partial charge in [-0.1, -0.05) is 60.7 Å². The Bertz CT molecular complexity index is 2350. The van der Waals surface area contributed by atoms with Gasteiger partial charge in [0.15, 0.2) is 0 Å². The van der Waals surface area contributed by atoms with E-state index >= 15 is 0 Å². The molecule has 9 rings (SSSR count). The molecule has 4 heterocycles. The summed E-state index contributed by atoms with van der Waals surface area (Å²) in [7, 11) is 0. The minimum atomic E-state index is 1.01. The summed E-state index contributed by atoms with van der Waals surface area (Å²) in [5, 5.41) is 6.20. The number of hydrogen-bond donors (Lipinski definition) is 0. The van der Waals surface area contributed by atoms with E-state index in [9.17, 15) is 0 Å². The van der Waals surface area contributed by atoms with Crippen LogP contribution in [0.3, 0.4) is 0 Å². The number of para-hydroxylation sites is 3. The van der Waals surface area contributed by atoms with Crippen molar-refractivity contribution in [3.05, 3.63) is 122 Å². The summed E-state index contributed by atoms with van der Waals surface area (Å²) >= 11 is 1.74. The van der Waals surface area contributed by atoms with E-state index in [2.05, 4.69) is 128 Å². The van der Waals surface area contributed by atoms with E-state index in [1.165, 1.54) is 53.7 Å². The molecular formula is C34H20N4S. The van der Waals surface area contributed by atoms with Gasteiger partial charge in [0.1, 0.15) is 6.33 Å². The van der Waals surface area contributed by atoms with Crippen molar-refractivity contribution in [3.8, 4) is 11.4 Å². The molecule has 0 saturated heterocycles. The lowest BCUT2D eigenvalue weighted by Crippen LogP contribution is -1.97. The lowest BCUT2D eigenvalue weighted by atomic mass is 10.1. The van der Waals surface area contributed by atoms with Crippen molar-refractivity contribution < 1.29 is 0 Å². The van der Waals surface area contributed by atoms with Crippen LogP contribution in [0, 0.1) is 0 Å². The molecule has 0 atom stereocenters. The Morgan fingerprint density at radius 2 is 1.05 bits per heavy atom. The highest BCUT2D eigenvalue weighted by Gasteiger charge is 2.17. The van der Waals surface area contributed by atoms with E-state index < -0.39 is 0 Å². The Morgan fingerprint density at radius 1 is 0.487 bits per heavy atom. The smallest absolute Gasteiger partial charge is 0.116 e. The van der Waals surface area contributed by atoms with Crippen LogP contribution >= 0.6 is 11.3 Å². The van der Waals surface area contributed by atoms with Crippen molar-refractivity contribution in [1.82, 2.24) is 19.1 Å². The maximum Gasteiger partial charge on any atom is 0.116 e. The monoisotopic (exact) mass is 516 g/mol. The third-order valence-electron chi connectivity index (χ3n) is 7.87. The Balaban J connectivity index is 1.38. The Kier molecular flexibility index (Phi) is 4.18. The standard InChI is InChI=1S/C34H20N4S/c1-4-10-28-23(7-1)24-8-2-5-11-29(24)37(28)22-13-15-26-25-9-3-6-12-30(25)38(31(26)18-22)21-14-16-32-27(17-21)34-33(39-32)19-35-20-36-34/h1-20H. The number of hydrogen-bond acceptors (Lipinski definition) is 3. The van der Waals surface area contributed by atoms with Crippen LogP contribution in [-0.2, 0) is 0 Å². The molecule has 0 aliphatic rings. The summed E-state index contributed by atoms with van der Waals surface area (Å²) in [6.45, 7) is 0. The highest BCUT2D eigenvalue weighted by Crippen LogP contribution is 2.38. The van der Waals surface area contributed by atoms with Gasteiger partial charge >= 0.3 is 0 Å². The topological polar surface area (TPSA) is 35.6 Å². The minimum Gasteiger partial charge on any atom is -0.309 e. The Morgan fingerprint density at radius 3 is 1.74 bits per heavy atom. The molecule has 4 nitrogen and oxygen atoms in total. The summed E-state index contributed by atoms with van der Waals surface area (Å²) in [5.41, 5.74) is 8.10. The third-order valence-corrected chi connectivity index (χ3v) is 8.97. The predicted molar refractivity (Wildman–Crippen MR) is 164 cm³/mol. The van der Waals surface area contributed by atoms with Gasteiger partial charge in [-0.15, -0.1) is 11.3 Å². The first-order valence-electron chi connectivity index (χ1n) is 13.0. The van der Waals surface area contributed by atoms with Crippen LogP contribution in [0.5, 0.6) is 0 Å². The summed E-state index contributed by atoms with van der Waals surface area (Å²) in [6, 6.07) is 39.6. The van der Waals surface area contributed by atoms with E-state index in [1.807, 2.05) is 6.20 Å². The zero-order valence-electron chi connectivity index (χ0n) is 20.7. The van der Waals surface area contributed by atoms with E-state index in [1.54, 1.807) is 17.7 Å².